The van der Waals surface area contributed by atoms with Gasteiger partial charge in [0.15, 0.2) is 5.60 Å². The van der Waals surface area contributed by atoms with Crippen LogP contribution in [0.4, 0.5) is 15.9 Å². The molecule has 26 heavy (non-hydrogen) atoms. The monoisotopic (exact) mass is 542 g/mol. The van der Waals surface area contributed by atoms with Crippen molar-refractivity contribution in [1.82, 2.24) is 9.97 Å². The first-order valence-electron chi connectivity index (χ1n) is 8.33. The maximum absolute atomic E-state index is 12.7. The molecule has 0 spiro atoms. The first kappa shape index (κ1) is 24.6. The summed E-state index contributed by atoms with van der Waals surface area (Å²) in [5.41, 5.74) is 7.52. The molecule has 3 unspecified atom stereocenters. The first-order chi connectivity index (χ1) is 11.8. The molecule has 1 aliphatic heterocycles. The summed E-state index contributed by atoms with van der Waals surface area (Å²) in [6.45, 7) is 7.59. The van der Waals surface area contributed by atoms with E-state index in [0.717, 1.165) is 19.3 Å². The molecule has 2 N–H and O–H groups in total. The summed E-state index contributed by atoms with van der Waals surface area (Å²) >= 11 is 0. The number of hydrogen-bond donors (Lipinski definition) is 1. The van der Waals surface area contributed by atoms with E-state index in [-0.39, 0.29) is 38.6 Å². The van der Waals surface area contributed by atoms with E-state index in [9.17, 15) is 4.39 Å². The summed E-state index contributed by atoms with van der Waals surface area (Å²) in [5, 5.41) is 8.87. The molecule has 1 aromatic rings. The standard InChI is InChI=1S/C10H14FN4.C8H12O2.Ir/c1-4-6(2)5-13-8-7(3)14-10(11)15-9(8)12;1-3-8(6-9)5-4-7(2)10-8;/h5-6H,4H2,1-3H3,(H-,12,14,15);1,7,9H,4-6H2,2H3;/q-1;;. The molecule has 0 bridgehead atoms. The third-order valence-electron chi connectivity index (χ3n) is 4.03. The topological polar surface area (TPSA) is 91.4 Å². The van der Waals surface area contributed by atoms with Gasteiger partial charge >= 0.3 is 0 Å². The van der Waals surface area contributed by atoms with Gasteiger partial charge < -0.3 is 20.6 Å². The van der Waals surface area contributed by atoms with Crippen LogP contribution in [0.25, 0.3) is 5.73 Å². The van der Waals surface area contributed by atoms with Crippen molar-refractivity contribution >= 4 is 17.7 Å². The number of aromatic nitrogens is 2. The number of aliphatic hydroxyl groups is 1. The van der Waals surface area contributed by atoms with Crippen LogP contribution in [0.5, 0.6) is 0 Å². The molecule has 147 valence electrons. The van der Waals surface area contributed by atoms with Crippen molar-refractivity contribution in [3.8, 4) is 12.3 Å². The van der Waals surface area contributed by atoms with Gasteiger partial charge in [0.2, 0.25) is 6.08 Å². The molecule has 2 rings (SSSR count). The van der Waals surface area contributed by atoms with E-state index in [2.05, 4.69) is 20.9 Å². The average Bonchev–Trinajstić information content (AvgIpc) is 2.96. The molecule has 1 fully saturated rings. The number of aliphatic imine (C=N–C) groups is 1. The molecule has 1 radical (unpaired) electrons. The van der Waals surface area contributed by atoms with Crippen molar-refractivity contribution in [3.05, 3.63) is 17.5 Å². The SMILES string of the molecule is C#CC1(CO)CCC(C)O1.CCC(C)C=Nc1c(C)nc(F)nc1[NH-].[Ir]. The molecule has 1 aliphatic rings. The van der Waals surface area contributed by atoms with Crippen LogP contribution < -0.4 is 0 Å². The van der Waals surface area contributed by atoms with Crippen LogP contribution in [0.2, 0.25) is 0 Å². The normalized spacial score (nSPS) is 22.9. The predicted molar refractivity (Wildman–Crippen MR) is 96.7 cm³/mol. The summed E-state index contributed by atoms with van der Waals surface area (Å²) in [7, 11) is 0. The van der Waals surface area contributed by atoms with Crippen molar-refractivity contribution in [2.75, 3.05) is 6.61 Å². The molecule has 8 heteroatoms. The fourth-order valence-electron chi connectivity index (χ4n) is 2.20. The summed E-state index contributed by atoms with van der Waals surface area (Å²) in [6.07, 6.45) is 8.96. The van der Waals surface area contributed by atoms with E-state index < -0.39 is 11.7 Å². The molecule has 6 nitrogen and oxygen atoms in total. The maximum atomic E-state index is 12.7. The minimum Gasteiger partial charge on any atom is -0.480 e. The van der Waals surface area contributed by atoms with Gasteiger partial charge in [0, 0.05) is 26.3 Å². The van der Waals surface area contributed by atoms with E-state index in [1.54, 1.807) is 13.1 Å². The maximum Gasteiger partial charge on any atom is 0.206 e. The Morgan fingerprint density at radius 1 is 1.58 bits per heavy atom. The van der Waals surface area contributed by atoms with Gasteiger partial charge in [-0.3, -0.25) is 4.99 Å². The molecule has 0 aromatic carbocycles. The van der Waals surface area contributed by atoms with Gasteiger partial charge in [-0.2, -0.15) is 4.39 Å². The Balaban J connectivity index is 0.000000497. The third-order valence-corrected chi connectivity index (χ3v) is 4.03. The number of hydrogen-bond acceptors (Lipinski definition) is 5. The Bertz CT molecular complexity index is 628. The molecule has 0 aliphatic carbocycles. The number of rotatable bonds is 4. The minimum atomic E-state index is -0.875. The Labute approximate surface area is 168 Å². The first-order valence-corrected chi connectivity index (χ1v) is 8.33. The Kier molecular flexibility index (Phi) is 10.7. The largest absolute Gasteiger partial charge is 0.480 e. The number of nitrogens with one attached hydrogen (secondary N) is 1. The number of ether oxygens (including phenoxy) is 1. The number of aryl methyl sites for hydroxylation is 1. The summed E-state index contributed by atoms with van der Waals surface area (Å²) < 4.78 is 18.0. The van der Waals surface area contributed by atoms with E-state index in [1.165, 1.54) is 0 Å². The molecule has 1 saturated heterocycles. The van der Waals surface area contributed by atoms with Crippen LogP contribution in [0.15, 0.2) is 4.99 Å². The van der Waals surface area contributed by atoms with Crippen molar-refractivity contribution < 1.29 is 34.3 Å². The zero-order valence-electron chi connectivity index (χ0n) is 15.5. The smallest absolute Gasteiger partial charge is 0.206 e. The van der Waals surface area contributed by atoms with E-state index in [0.29, 0.717) is 17.3 Å². The van der Waals surface area contributed by atoms with Crippen molar-refractivity contribution in [3.63, 3.8) is 0 Å². The third kappa shape index (κ3) is 7.08. The molecular weight excluding hydrogens is 515 g/mol. The van der Waals surface area contributed by atoms with Crippen LogP contribution >= 0.6 is 0 Å². The molecule has 0 amide bonds. The zero-order valence-corrected chi connectivity index (χ0v) is 17.9. The Hall–Kier alpha value is -1.39. The number of terminal acetylenes is 1. The van der Waals surface area contributed by atoms with Gasteiger partial charge in [-0.05, 0) is 44.8 Å². The summed E-state index contributed by atoms with van der Waals surface area (Å²) in [4.78, 5) is 11.0. The molecule has 3 atom stereocenters. The number of nitrogens with zero attached hydrogens (tertiary/aromatic N) is 3. The van der Waals surface area contributed by atoms with Gasteiger partial charge in [0.1, 0.15) is 0 Å². The van der Waals surface area contributed by atoms with Gasteiger partial charge in [0.05, 0.1) is 24.1 Å². The van der Waals surface area contributed by atoms with Crippen LogP contribution in [0.3, 0.4) is 0 Å². The molecule has 1 aromatic heterocycles. The molecule has 2 heterocycles. The summed E-state index contributed by atoms with van der Waals surface area (Å²) in [6, 6.07) is 0. The minimum absolute atomic E-state index is 0. The van der Waals surface area contributed by atoms with E-state index >= 15 is 0 Å². The number of aliphatic hydroxyl groups excluding tert-OH is 1. The van der Waals surface area contributed by atoms with Gasteiger partial charge in [0.25, 0.3) is 0 Å². The van der Waals surface area contributed by atoms with E-state index in [1.807, 2.05) is 20.8 Å². The second kappa shape index (κ2) is 11.3. The fraction of sp³-hybridized carbons (Fsp3) is 0.611. The van der Waals surface area contributed by atoms with Crippen LogP contribution in [-0.2, 0) is 24.8 Å². The Morgan fingerprint density at radius 2 is 2.23 bits per heavy atom. The second-order valence-corrected chi connectivity index (χ2v) is 6.20. The van der Waals surface area contributed by atoms with Crippen molar-refractivity contribution in [1.29, 1.82) is 0 Å². The van der Waals surface area contributed by atoms with Crippen LogP contribution in [-0.4, -0.2) is 39.6 Å². The van der Waals surface area contributed by atoms with Gasteiger partial charge in [-0.1, -0.05) is 19.8 Å². The van der Waals surface area contributed by atoms with Crippen LogP contribution in [0.1, 0.15) is 45.7 Å². The van der Waals surface area contributed by atoms with Gasteiger partial charge in [-0.15, -0.1) is 6.42 Å². The Morgan fingerprint density at radius 3 is 2.62 bits per heavy atom. The quantitative estimate of drug-likeness (QED) is 0.356. The van der Waals surface area contributed by atoms with Crippen molar-refractivity contribution in [2.24, 2.45) is 10.9 Å². The average molecular weight is 542 g/mol. The second-order valence-electron chi connectivity index (χ2n) is 6.20. The summed E-state index contributed by atoms with van der Waals surface area (Å²) in [5.74, 6) is 2.65. The predicted octanol–water partition coefficient (Wildman–Crippen LogP) is 3.90. The number of halogens is 1. The fourth-order valence-corrected chi connectivity index (χ4v) is 2.20. The van der Waals surface area contributed by atoms with Crippen molar-refractivity contribution in [2.45, 2.75) is 58.7 Å². The molecular formula is C18H26FIrN4O2-. The zero-order chi connectivity index (χ0) is 19.0. The van der Waals surface area contributed by atoms with E-state index in [4.69, 9.17) is 22.0 Å². The molecule has 0 saturated carbocycles. The van der Waals surface area contributed by atoms with Crippen LogP contribution in [0, 0.1) is 31.3 Å². The van der Waals surface area contributed by atoms with Gasteiger partial charge in [-0.25, -0.2) is 4.98 Å².